The number of aryl methyl sites for hydroxylation is 2. The van der Waals surface area contributed by atoms with Gasteiger partial charge >= 0.3 is 0 Å². The van der Waals surface area contributed by atoms with Gasteiger partial charge in [-0.1, -0.05) is 19.1 Å². The lowest BCUT2D eigenvalue weighted by molar-refractivity contribution is 0.594. The Balaban J connectivity index is 1.88. The molecule has 2 nitrogen and oxygen atoms in total. The van der Waals surface area contributed by atoms with Gasteiger partial charge in [0.25, 0.3) is 0 Å². The van der Waals surface area contributed by atoms with Crippen molar-refractivity contribution in [2.75, 3.05) is 12.8 Å². The van der Waals surface area contributed by atoms with E-state index in [1.165, 1.54) is 38.9 Å². The molecule has 0 bridgehead atoms. The molecule has 3 rings (SSSR count). The first-order valence-electron chi connectivity index (χ1n) is 7.67. The van der Waals surface area contributed by atoms with Crippen LogP contribution < -0.4 is 5.32 Å². The number of hydrogen-bond donors (Lipinski definition) is 1. The molecule has 1 aliphatic carbocycles. The molecule has 112 valence electrons. The van der Waals surface area contributed by atoms with Crippen molar-refractivity contribution in [2.45, 2.75) is 43.5 Å². The second-order valence-corrected chi connectivity index (χ2v) is 7.43. The van der Waals surface area contributed by atoms with Crippen LogP contribution in [0.15, 0.2) is 29.2 Å². The zero-order valence-corrected chi connectivity index (χ0v) is 14.3. The van der Waals surface area contributed by atoms with Gasteiger partial charge in [-0.05, 0) is 56.2 Å². The summed E-state index contributed by atoms with van der Waals surface area (Å²) < 4.78 is 0. The summed E-state index contributed by atoms with van der Waals surface area (Å²) in [4.78, 5) is 7.74. The molecule has 4 heteroatoms. The highest BCUT2D eigenvalue weighted by molar-refractivity contribution is 7.98. The van der Waals surface area contributed by atoms with Crippen LogP contribution >= 0.6 is 23.1 Å². The maximum absolute atomic E-state index is 4.91. The Morgan fingerprint density at radius 3 is 2.76 bits per heavy atom. The van der Waals surface area contributed by atoms with Crippen LogP contribution in [0.2, 0.25) is 0 Å². The Morgan fingerprint density at radius 2 is 2.10 bits per heavy atom. The summed E-state index contributed by atoms with van der Waals surface area (Å²) in [6.07, 6.45) is 6.93. The smallest absolute Gasteiger partial charge is 0.115 e. The van der Waals surface area contributed by atoms with Gasteiger partial charge in [0.15, 0.2) is 0 Å². The van der Waals surface area contributed by atoms with Crippen LogP contribution in [-0.4, -0.2) is 17.8 Å². The standard InChI is InChI=1S/C17H22N2S2/c1-3-11-18-16(12-7-9-13(20-2)10-8-12)17-19-14-5-4-6-15(14)21-17/h7-10,16,18H,3-6,11H2,1-2H3. The van der Waals surface area contributed by atoms with Crippen molar-refractivity contribution in [1.29, 1.82) is 0 Å². The van der Waals surface area contributed by atoms with E-state index in [1.807, 2.05) is 11.3 Å². The van der Waals surface area contributed by atoms with E-state index in [-0.39, 0.29) is 6.04 Å². The number of fused-ring (bicyclic) bond motifs is 1. The lowest BCUT2D eigenvalue weighted by Crippen LogP contribution is -2.23. The summed E-state index contributed by atoms with van der Waals surface area (Å²) >= 11 is 3.70. The predicted molar refractivity (Wildman–Crippen MR) is 92.5 cm³/mol. The SMILES string of the molecule is CCCNC(c1ccc(SC)cc1)c1nc2c(s1)CCC2. The minimum Gasteiger partial charge on any atom is -0.304 e. The summed E-state index contributed by atoms with van der Waals surface area (Å²) in [7, 11) is 0. The van der Waals surface area contributed by atoms with Gasteiger partial charge in [0.2, 0.25) is 0 Å². The van der Waals surface area contributed by atoms with Crippen LogP contribution in [-0.2, 0) is 12.8 Å². The predicted octanol–water partition coefficient (Wildman–Crippen LogP) is 4.44. The topological polar surface area (TPSA) is 24.9 Å². The number of hydrogen-bond acceptors (Lipinski definition) is 4. The molecular formula is C17H22N2S2. The van der Waals surface area contributed by atoms with Gasteiger partial charge in [0.1, 0.15) is 5.01 Å². The molecule has 1 aromatic carbocycles. The summed E-state index contributed by atoms with van der Waals surface area (Å²) in [6.45, 7) is 3.24. The highest BCUT2D eigenvalue weighted by Crippen LogP contribution is 2.33. The van der Waals surface area contributed by atoms with Gasteiger partial charge < -0.3 is 5.32 Å². The zero-order chi connectivity index (χ0) is 14.7. The van der Waals surface area contributed by atoms with Crippen LogP contribution in [0, 0.1) is 0 Å². The second-order valence-electron chi connectivity index (χ2n) is 5.44. The number of thiazole rings is 1. The molecule has 1 aliphatic rings. The van der Waals surface area contributed by atoms with Gasteiger partial charge in [-0.3, -0.25) is 0 Å². The molecule has 0 radical (unpaired) electrons. The first-order chi connectivity index (χ1) is 10.3. The molecule has 1 N–H and O–H groups in total. The third kappa shape index (κ3) is 3.33. The van der Waals surface area contributed by atoms with Crippen molar-refractivity contribution < 1.29 is 0 Å². The minimum absolute atomic E-state index is 0.247. The van der Waals surface area contributed by atoms with Gasteiger partial charge in [-0.2, -0.15) is 0 Å². The Morgan fingerprint density at radius 1 is 1.29 bits per heavy atom. The highest BCUT2D eigenvalue weighted by atomic mass is 32.2. The monoisotopic (exact) mass is 318 g/mol. The second kappa shape index (κ2) is 6.95. The van der Waals surface area contributed by atoms with E-state index < -0.39 is 0 Å². The molecular weight excluding hydrogens is 296 g/mol. The first kappa shape index (κ1) is 15.1. The van der Waals surface area contributed by atoms with Crippen LogP contribution in [0.5, 0.6) is 0 Å². The van der Waals surface area contributed by atoms with Crippen molar-refractivity contribution in [3.05, 3.63) is 45.4 Å². The normalized spacial score (nSPS) is 15.1. The van der Waals surface area contributed by atoms with Crippen LogP contribution in [0.4, 0.5) is 0 Å². The molecule has 1 atom stereocenters. The molecule has 21 heavy (non-hydrogen) atoms. The molecule has 1 aromatic heterocycles. The summed E-state index contributed by atoms with van der Waals surface area (Å²) in [6, 6.07) is 9.15. The molecule has 0 saturated heterocycles. The molecule has 2 aromatic rings. The molecule has 0 fully saturated rings. The Bertz CT molecular complexity index is 568. The fourth-order valence-corrected chi connectivity index (χ4v) is 4.43. The number of nitrogens with zero attached hydrogens (tertiary/aromatic N) is 1. The maximum atomic E-state index is 4.91. The van der Waals surface area contributed by atoms with Crippen molar-refractivity contribution in [3.63, 3.8) is 0 Å². The van der Waals surface area contributed by atoms with Crippen molar-refractivity contribution >= 4 is 23.1 Å². The number of nitrogens with one attached hydrogen (secondary N) is 1. The van der Waals surface area contributed by atoms with E-state index in [2.05, 4.69) is 42.8 Å². The third-order valence-electron chi connectivity index (χ3n) is 3.91. The van der Waals surface area contributed by atoms with Gasteiger partial charge in [0, 0.05) is 9.77 Å². The van der Waals surface area contributed by atoms with E-state index in [9.17, 15) is 0 Å². The lowest BCUT2D eigenvalue weighted by atomic mass is 10.1. The fourth-order valence-electron chi connectivity index (χ4n) is 2.77. The van der Waals surface area contributed by atoms with Gasteiger partial charge in [-0.15, -0.1) is 23.1 Å². The molecule has 0 amide bonds. The van der Waals surface area contributed by atoms with E-state index in [1.54, 1.807) is 11.8 Å². The van der Waals surface area contributed by atoms with Crippen LogP contribution in [0.1, 0.15) is 46.9 Å². The summed E-state index contributed by atoms with van der Waals surface area (Å²) in [5.41, 5.74) is 2.67. The summed E-state index contributed by atoms with van der Waals surface area (Å²) in [5, 5.41) is 4.91. The van der Waals surface area contributed by atoms with E-state index in [0.29, 0.717) is 0 Å². The van der Waals surface area contributed by atoms with E-state index in [4.69, 9.17) is 4.98 Å². The van der Waals surface area contributed by atoms with E-state index >= 15 is 0 Å². The zero-order valence-electron chi connectivity index (χ0n) is 12.7. The largest absolute Gasteiger partial charge is 0.304 e. The van der Waals surface area contributed by atoms with Crippen LogP contribution in [0.3, 0.4) is 0 Å². The Hall–Kier alpha value is -0.840. The fraction of sp³-hybridized carbons (Fsp3) is 0.471. The van der Waals surface area contributed by atoms with Crippen LogP contribution in [0.25, 0.3) is 0 Å². The Labute approximate surface area is 135 Å². The third-order valence-corrected chi connectivity index (χ3v) is 5.87. The average Bonchev–Trinajstić information content (AvgIpc) is 3.10. The number of benzene rings is 1. The van der Waals surface area contributed by atoms with Gasteiger partial charge in [-0.25, -0.2) is 4.98 Å². The van der Waals surface area contributed by atoms with Crippen molar-refractivity contribution in [1.82, 2.24) is 10.3 Å². The molecule has 1 heterocycles. The maximum Gasteiger partial charge on any atom is 0.115 e. The van der Waals surface area contributed by atoms with E-state index in [0.717, 1.165) is 19.4 Å². The first-order valence-corrected chi connectivity index (χ1v) is 9.71. The molecule has 0 aliphatic heterocycles. The summed E-state index contributed by atoms with van der Waals surface area (Å²) in [5.74, 6) is 0. The minimum atomic E-state index is 0.247. The number of rotatable bonds is 6. The quantitative estimate of drug-likeness (QED) is 0.797. The average molecular weight is 319 g/mol. The van der Waals surface area contributed by atoms with Crippen molar-refractivity contribution in [3.8, 4) is 0 Å². The number of aromatic nitrogens is 1. The molecule has 0 saturated carbocycles. The lowest BCUT2D eigenvalue weighted by Gasteiger charge is -2.17. The Kier molecular flexibility index (Phi) is 4.99. The van der Waals surface area contributed by atoms with Gasteiger partial charge in [0.05, 0.1) is 11.7 Å². The molecule has 0 spiro atoms. The van der Waals surface area contributed by atoms with Crippen molar-refractivity contribution in [2.24, 2.45) is 0 Å². The number of thioether (sulfide) groups is 1. The molecule has 1 unspecified atom stereocenters. The highest BCUT2D eigenvalue weighted by Gasteiger charge is 2.22.